The molecule has 40 heavy (non-hydrogen) atoms. The van der Waals surface area contributed by atoms with E-state index in [1.54, 1.807) is 42.5 Å². The smallest absolute Gasteiger partial charge is 0.291 e. The average Bonchev–Trinajstić information content (AvgIpc) is 3.58. The van der Waals surface area contributed by atoms with E-state index in [2.05, 4.69) is 16.9 Å². The number of nitrogens with zero attached hydrogens (tertiary/aromatic N) is 1. The maximum Gasteiger partial charge on any atom is 0.291 e. The minimum Gasteiger partial charge on any atom is -0.485 e. The lowest BCUT2D eigenvalue weighted by Gasteiger charge is -2.10. The highest BCUT2D eigenvalue weighted by Crippen LogP contribution is 2.42. The predicted octanol–water partition coefficient (Wildman–Crippen LogP) is 7.15. The Morgan fingerprint density at radius 1 is 1.10 bits per heavy atom. The number of pyridine rings is 1. The Balaban J connectivity index is 1.47. The third-order valence-electron chi connectivity index (χ3n) is 6.04. The number of fused-ring (bicyclic) bond motifs is 1. The number of primary amides is 1. The van der Waals surface area contributed by atoms with Crippen molar-refractivity contribution in [3.05, 3.63) is 113 Å². The fourth-order valence-electron chi connectivity index (χ4n) is 4.24. The molecule has 0 aliphatic rings. The fraction of sp³-hybridized carbons (Fsp3) is 0.100. The second-order valence-corrected chi connectivity index (χ2v) is 9.72. The van der Waals surface area contributed by atoms with Crippen LogP contribution < -0.4 is 15.8 Å². The maximum atomic E-state index is 13.7. The van der Waals surface area contributed by atoms with E-state index >= 15 is 0 Å². The zero-order valence-electron chi connectivity index (χ0n) is 21.0. The predicted molar refractivity (Wildman–Crippen MR) is 150 cm³/mol. The van der Waals surface area contributed by atoms with Gasteiger partial charge in [0.25, 0.3) is 18.2 Å². The monoisotopic (exact) mass is 559 g/mol. The van der Waals surface area contributed by atoms with E-state index in [1.165, 1.54) is 12.1 Å². The number of carbonyl (C=O) groups is 2. The molecule has 0 saturated carbocycles. The molecule has 10 heteroatoms. The molecular weight excluding hydrogens is 536 g/mol. The lowest BCUT2D eigenvalue weighted by Crippen LogP contribution is -2.16. The number of hydrogen-bond donors (Lipinski definition) is 2. The highest BCUT2D eigenvalue weighted by molar-refractivity contribution is 7.21. The van der Waals surface area contributed by atoms with Crippen LogP contribution in [0.5, 0.6) is 5.75 Å². The topological polar surface area (TPSA) is 107 Å². The van der Waals surface area contributed by atoms with E-state index in [0.717, 1.165) is 16.9 Å². The average molecular weight is 560 g/mol. The maximum absolute atomic E-state index is 13.7. The molecule has 3 heterocycles. The fourth-order valence-corrected chi connectivity index (χ4v) is 5.25. The van der Waals surface area contributed by atoms with Gasteiger partial charge in [-0.25, -0.2) is 13.8 Å². The highest BCUT2D eigenvalue weighted by Gasteiger charge is 2.26. The first-order valence-electron chi connectivity index (χ1n) is 12.2. The number of allylic oxidation sites excluding steroid dienone is 1. The summed E-state index contributed by atoms with van der Waals surface area (Å²) >= 11 is 0.834. The van der Waals surface area contributed by atoms with Crippen LogP contribution in [0.1, 0.15) is 43.7 Å². The summed E-state index contributed by atoms with van der Waals surface area (Å²) in [5.74, 6) is -0.451. The van der Waals surface area contributed by atoms with Crippen molar-refractivity contribution in [2.45, 2.75) is 19.5 Å². The summed E-state index contributed by atoms with van der Waals surface area (Å²) in [4.78, 5) is 29.7. The summed E-state index contributed by atoms with van der Waals surface area (Å²) < 4.78 is 38.9. The Morgan fingerprint density at radius 2 is 1.85 bits per heavy atom. The Kier molecular flexibility index (Phi) is 7.70. The summed E-state index contributed by atoms with van der Waals surface area (Å²) in [6.45, 7) is 3.83. The Labute approximate surface area is 231 Å². The van der Waals surface area contributed by atoms with Gasteiger partial charge >= 0.3 is 0 Å². The number of anilines is 1. The molecule has 0 bridgehead atoms. The first-order chi connectivity index (χ1) is 19.4. The van der Waals surface area contributed by atoms with Crippen molar-refractivity contribution in [3.63, 3.8) is 0 Å². The number of rotatable bonds is 10. The van der Waals surface area contributed by atoms with Crippen molar-refractivity contribution >= 4 is 39.1 Å². The van der Waals surface area contributed by atoms with Crippen LogP contribution >= 0.6 is 11.3 Å². The summed E-state index contributed by atoms with van der Waals surface area (Å²) in [6, 6.07) is 20.6. The normalized spacial score (nSPS) is 11.1. The van der Waals surface area contributed by atoms with Gasteiger partial charge in [-0.2, -0.15) is 0 Å². The van der Waals surface area contributed by atoms with Crippen molar-refractivity contribution in [2.24, 2.45) is 5.73 Å². The van der Waals surface area contributed by atoms with Crippen LogP contribution in [-0.4, -0.2) is 16.8 Å². The van der Waals surface area contributed by atoms with Crippen molar-refractivity contribution in [1.82, 2.24) is 4.98 Å². The van der Waals surface area contributed by atoms with Crippen LogP contribution in [0.3, 0.4) is 0 Å². The van der Waals surface area contributed by atoms with Crippen molar-refractivity contribution < 1.29 is 27.5 Å². The largest absolute Gasteiger partial charge is 0.485 e. The van der Waals surface area contributed by atoms with Gasteiger partial charge in [0.1, 0.15) is 33.5 Å². The van der Waals surface area contributed by atoms with Gasteiger partial charge in [-0.05, 0) is 47.4 Å². The number of carbonyl (C=O) groups excluding carboxylic acids is 2. The number of furan rings is 1. The molecule has 0 spiro atoms. The number of aromatic nitrogens is 1. The number of nitrogens with one attached hydrogen (secondary N) is 1. The van der Waals surface area contributed by atoms with E-state index < -0.39 is 23.9 Å². The van der Waals surface area contributed by atoms with Crippen LogP contribution in [-0.2, 0) is 13.0 Å². The number of nitrogens with two attached hydrogens (primary N) is 1. The minimum atomic E-state index is -2.84. The van der Waals surface area contributed by atoms with Crippen molar-refractivity contribution in [3.8, 4) is 16.9 Å². The standard InChI is InChI=1S/C30H23F2N3O4S/c1-2-8-18-11-6-7-12-22(18)38-16-19-13-14-23(39-19)29(37)35-25-24-20(17-9-4-3-5-10-17)15-21(27(31)32)34-30(24)40-26(25)28(33)36/h2-7,9-15,27H,1,8,16H2,(H2,33,36)(H,35,37). The van der Waals surface area contributed by atoms with Gasteiger partial charge in [0.15, 0.2) is 5.76 Å². The van der Waals surface area contributed by atoms with Crippen LogP contribution in [0.4, 0.5) is 14.5 Å². The van der Waals surface area contributed by atoms with Gasteiger partial charge in [-0.15, -0.1) is 17.9 Å². The number of hydrogen-bond acceptors (Lipinski definition) is 6. The van der Waals surface area contributed by atoms with E-state index in [-0.39, 0.29) is 27.8 Å². The van der Waals surface area contributed by atoms with Crippen LogP contribution in [0.15, 0.2) is 89.9 Å². The number of ether oxygens (including phenoxy) is 1. The lowest BCUT2D eigenvalue weighted by molar-refractivity contribution is 0.0992. The molecule has 202 valence electrons. The van der Waals surface area contributed by atoms with Crippen LogP contribution in [0.2, 0.25) is 0 Å². The van der Waals surface area contributed by atoms with Gasteiger partial charge in [0.2, 0.25) is 0 Å². The summed E-state index contributed by atoms with van der Waals surface area (Å²) in [6.07, 6.45) is -0.423. The first kappa shape index (κ1) is 26.8. The molecule has 0 fully saturated rings. The van der Waals surface area contributed by atoms with Crippen LogP contribution in [0.25, 0.3) is 21.3 Å². The Bertz CT molecular complexity index is 1710. The molecule has 0 radical (unpaired) electrons. The highest BCUT2D eigenvalue weighted by atomic mass is 32.1. The molecule has 0 aliphatic carbocycles. The number of alkyl halides is 2. The van der Waals surface area contributed by atoms with Crippen molar-refractivity contribution in [1.29, 1.82) is 0 Å². The van der Waals surface area contributed by atoms with Crippen molar-refractivity contribution in [2.75, 3.05) is 5.32 Å². The van der Waals surface area contributed by atoms with E-state index in [0.29, 0.717) is 34.4 Å². The van der Waals surface area contributed by atoms with Gasteiger partial charge in [0, 0.05) is 5.39 Å². The molecule has 0 unspecified atom stereocenters. The molecule has 0 saturated heterocycles. The third kappa shape index (κ3) is 5.48. The zero-order chi connectivity index (χ0) is 28.2. The van der Waals surface area contributed by atoms with Crippen LogP contribution in [0, 0.1) is 0 Å². The van der Waals surface area contributed by atoms with E-state index in [1.807, 2.05) is 24.3 Å². The summed E-state index contributed by atoms with van der Waals surface area (Å²) in [5, 5.41) is 3.03. The molecule has 7 nitrogen and oxygen atoms in total. The molecule has 3 aromatic heterocycles. The number of halogens is 2. The second-order valence-electron chi connectivity index (χ2n) is 8.72. The molecular formula is C30H23F2N3O4S. The number of thiophene rings is 1. The summed E-state index contributed by atoms with van der Waals surface area (Å²) in [5.41, 5.74) is 7.19. The molecule has 5 aromatic rings. The number of amides is 2. The van der Waals surface area contributed by atoms with Gasteiger partial charge < -0.3 is 20.2 Å². The van der Waals surface area contributed by atoms with Gasteiger partial charge in [-0.3, -0.25) is 9.59 Å². The molecule has 3 N–H and O–H groups in total. The SMILES string of the molecule is C=CCc1ccccc1OCc1ccc(C(=O)Nc2c(C(N)=O)sc3nc(C(F)F)cc(-c4ccccc4)c23)o1. The molecule has 0 atom stereocenters. The van der Waals surface area contributed by atoms with Gasteiger partial charge in [0.05, 0.1) is 5.69 Å². The van der Waals surface area contributed by atoms with E-state index in [9.17, 15) is 18.4 Å². The van der Waals surface area contributed by atoms with E-state index in [4.69, 9.17) is 14.9 Å². The number of benzene rings is 2. The third-order valence-corrected chi connectivity index (χ3v) is 7.14. The van der Waals surface area contributed by atoms with Gasteiger partial charge in [-0.1, -0.05) is 54.6 Å². The molecule has 5 rings (SSSR count). The minimum absolute atomic E-state index is 0.0200. The quantitative estimate of drug-likeness (QED) is 0.177. The molecule has 2 aromatic carbocycles. The number of para-hydroxylation sites is 1. The molecule has 2 amide bonds. The summed E-state index contributed by atoms with van der Waals surface area (Å²) in [7, 11) is 0. The second kappa shape index (κ2) is 11.5. The lowest BCUT2D eigenvalue weighted by atomic mass is 10.0. The zero-order valence-corrected chi connectivity index (χ0v) is 21.8. The Hall–Kier alpha value is -4.83. The Morgan fingerprint density at radius 3 is 2.58 bits per heavy atom. The molecule has 0 aliphatic heterocycles. The first-order valence-corrected chi connectivity index (χ1v) is 13.0.